The Morgan fingerprint density at radius 1 is 1.28 bits per heavy atom. The molecule has 1 aliphatic heterocycles. The molecule has 0 aromatic rings. The van der Waals surface area contributed by atoms with E-state index in [2.05, 4.69) is 23.1 Å². The number of hydrogen-bond donors (Lipinski definition) is 1. The summed E-state index contributed by atoms with van der Waals surface area (Å²) in [7, 11) is 0. The second-order valence-electron chi connectivity index (χ2n) is 5.90. The quantitative estimate of drug-likeness (QED) is 0.773. The zero-order valence-corrected chi connectivity index (χ0v) is 11.8. The van der Waals surface area contributed by atoms with Gasteiger partial charge in [0.1, 0.15) is 0 Å². The summed E-state index contributed by atoms with van der Waals surface area (Å²) in [6.07, 6.45) is 15.1. The fourth-order valence-electron chi connectivity index (χ4n) is 3.59. The molecule has 1 saturated heterocycles. The van der Waals surface area contributed by atoms with E-state index in [-0.39, 0.29) is 0 Å². The van der Waals surface area contributed by atoms with Crippen LogP contribution in [-0.2, 0) is 0 Å². The van der Waals surface area contributed by atoms with E-state index < -0.39 is 0 Å². The van der Waals surface area contributed by atoms with Crippen LogP contribution >= 0.6 is 0 Å². The van der Waals surface area contributed by atoms with Crippen LogP contribution in [0, 0.1) is 18.3 Å². The molecular weight excluding hydrogens is 220 g/mol. The number of terminal acetylenes is 1. The first-order valence-corrected chi connectivity index (χ1v) is 7.78. The van der Waals surface area contributed by atoms with Crippen molar-refractivity contribution in [2.24, 2.45) is 5.92 Å². The van der Waals surface area contributed by atoms with Gasteiger partial charge in [-0.2, -0.15) is 0 Å². The van der Waals surface area contributed by atoms with E-state index in [1.807, 2.05) is 0 Å². The second kappa shape index (κ2) is 7.16. The van der Waals surface area contributed by atoms with Crippen molar-refractivity contribution in [1.82, 2.24) is 10.2 Å². The number of rotatable bonds is 3. The lowest BCUT2D eigenvalue weighted by Crippen LogP contribution is -2.46. The molecule has 2 rings (SSSR count). The first-order valence-electron chi connectivity index (χ1n) is 7.78. The van der Waals surface area contributed by atoms with Gasteiger partial charge in [0.05, 0.1) is 6.04 Å². The fourth-order valence-corrected chi connectivity index (χ4v) is 3.59. The van der Waals surface area contributed by atoms with Gasteiger partial charge in [0.25, 0.3) is 0 Å². The van der Waals surface area contributed by atoms with Gasteiger partial charge in [-0.25, -0.2) is 0 Å². The minimum Gasteiger partial charge on any atom is -0.312 e. The zero-order valence-electron chi connectivity index (χ0n) is 11.8. The number of nitrogens with zero attached hydrogens (tertiary/aromatic N) is 1. The molecule has 1 heterocycles. The molecule has 2 fully saturated rings. The summed E-state index contributed by atoms with van der Waals surface area (Å²) in [6.45, 7) is 5.70. The summed E-state index contributed by atoms with van der Waals surface area (Å²) >= 11 is 0. The van der Waals surface area contributed by atoms with Gasteiger partial charge >= 0.3 is 0 Å². The largest absolute Gasteiger partial charge is 0.312 e. The highest BCUT2D eigenvalue weighted by Gasteiger charge is 2.28. The van der Waals surface area contributed by atoms with Crippen molar-refractivity contribution in [3.8, 4) is 12.3 Å². The van der Waals surface area contributed by atoms with Crippen LogP contribution in [0.1, 0.15) is 51.9 Å². The maximum Gasteiger partial charge on any atom is 0.0709 e. The molecule has 2 aliphatic rings. The summed E-state index contributed by atoms with van der Waals surface area (Å²) in [5.41, 5.74) is 0. The molecule has 0 aromatic carbocycles. The van der Waals surface area contributed by atoms with Crippen molar-refractivity contribution in [3.63, 3.8) is 0 Å². The Labute approximate surface area is 113 Å². The molecule has 0 aromatic heterocycles. The fraction of sp³-hybridized carbons (Fsp3) is 0.875. The monoisotopic (exact) mass is 248 g/mol. The minimum atomic E-state index is 0.344. The molecule has 2 atom stereocenters. The standard InChI is InChI=1S/C16H28N2/c1-3-15(4-2)18-12-8-11-17-16(13-18)14-9-6-5-7-10-14/h1,14-17H,4-13H2,2H3. The smallest absolute Gasteiger partial charge is 0.0709 e. The normalized spacial score (nSPS) is 29.4. The van der Waals surface area contributed by atoms with E-state index in [9.17, 15) is 0 Å². The van der Waals surface area contributed by atoms with Crippen LogP contribution in [0.5, 0.6) is 0 Å². The lowest BCUT2D eigenvalue weighted by Gasteiger charge is -2.34. The highest BCUT2D eigenvalue weighted by molar-refractivity contribution is 5.01. The molecule has 1 N–H and O–H groups in total. The Bertz CT molecular complexity index is 275. The first kappa shape index (κ1) is 13.9. The van der Waals surface area contributed by atoms with Gasteiger partial charge < -0.3 is 5.32 Å². The summed E-state index contributed by atoms with van der Waals surface area (Å²) in [4.78, 5) is 2.54. The van der Waals surface area contributed by atoms with Crippen LogP contribution < -0.4 is 5.32 Å². The topological polar surface area (TPSA) is 15.3 Å². The lowest BCUT2D eigenvalue weighted by molar-refractivity contribution is 0.183. The average Bonchev–Trinajstić information content (AvgIpc) is 2.67. The summed E-state index contributed by atoms with van der Waals surface area (Å²) in [5, 5.41) is 3.77. The Kier molecular flexibility index (Phi) is 5.53. The third kappa shape index (κ3) is 3.49. The Balaban J connectivity index is 1.95. The molecule has 2 unspecified atom stereocenters. The predicted octanol–water partition coefficient (Wildman–Crippen LogP) is 2.64. The first-order chi connectivity index (χ1) is 8.85. The molecule has 0 radical (unpaired) electrons. The molecule has 0 bridgehead atoms. The summed E-state index contributed by atoms with van der Waals surface area (Å²) < 4.78 is 0. The molecule has 1 aliphatic carbocycles. The summed E-state index contributed by atoms with van der Waals surface area (Å²) in [5.74, 6) is 3.85. The second-order valence-corrected chi connectivity index (χ2v) is 5.90. The van der Waals surface area contributed by atoms with Gasteiger partial charge in [0, 0.05) is 19.1 Å². The number of hydrogen-bond acceptors (Lipinski definition) is 2. The van der Waals surface area contributed by atoms with Crippen molar-refractivity contribution < 1.29 is 0 Å². The maximum absolute atomic E-state index is 5.68. The lowest BCUT2D eigenvalue weighted by atomic mass is 9.83. The van der Waals surface area contributed by atoms with Crippen molar-refractivity contribution >= 4 is 0 Å². The van der Waals surface area contributed by atoms with Gasteiger partial charge in [-0.15, -0.1) is 6.42 Å². The van der Waals surface area contributed by atoms with Gasteiger partial charge in [-0.3, -0.25) is 4.90 Å². The van der Waals surface area contributed by atoms with E-state index in [0.29, 0.717) is 12.1 Å². The van der Waals surface area contributed by atoms with Gasteiger partial charge in [0.2, 0.25) is 0 Å². The van der Waals surface area contributed by atoms with Crippen LogP contribution in [0.3, 0.4) is 0 Å². The van der Waals surface area contributed by atoms with Crippen LogP contribution in [-0.4, -0.2) is 36.6 Å². The Hall–Kier alpha value is -0.520. The Morgan fingerprint density at radius 3 is 2.72 bits per heavy atom. The van der Waals surface area contributed by atoms with E-state index in [0.717, 1.165) is 18.9 Å². The molecule has 1 saturated carbocycles. The molecule has 2 nitrogen and oxygen atoms in total. The van der Waals surface area contributed by atoms with Crippen LogP contribution in [0.15, 0.2) is 0 Å². The molecular formula is C16H28N2. The van der Waals surface area contributed by atoms with Crippen molar-refractivity contribution in [2.75, 3.05) is 19.6 Å². The van der Waals surface area contributed by atoms with Gasteiger partial charge in [0.15, 0.2) is 0 Å². The van der Waals surface area contributed by atoms with Crippen LogP contribution in [0.25, 0.3) is 0 Å². The molecule has 18 heavy (non-hydrogen) atoms. The number of nitrogens with one attached hydrogen (secondary N) is 1. The van der Waals surface area contributed by atoms with Crippen molar-refractivity contribution in [1.29, 1.82) is 0 Å². The predicted molar refractivity (Wildman–Crippen MR) is 77.5 cm³/mol. The highest BCUT2D eigenvalue weighted by Crippen LogP contribution is 2.28. The molecule has 0 amide bonds. The molecule has 0 spiro atoms. The Morgan fingerprint density at radius 2 is 2.06 bits per heavy atom. The highest BCUT2D eigenvalue weighted by atomic mass is 15.2. The molecule has 2 heteroatoms. The van der Waals surface area contributed by atoms with Crippen LogP contribution in [0.2, 0.25) is 0 Å². The third-order valence-corrected chi connectivity index (χ3v) is 4.70. The van der Waals surface area contributed by atoms with Gasteiger partial charge in [-0.1, -0.05) is 32.1 Å². The average molecular weight is 248 g/mol. The molecule has 102 valence electrons. The van der Waals surface area contributed by atoms with E-state index in [1.54, 1.807) is 0 Å². The summed E-state index contributed by atoms with van der Waals surface area (Å²) in [6, 6.07) is 1.02. The van der Waals surface area contributed by atoms with Crippen molar-refractivity contribution in [3.05, 3.63) is 0 Å². The SMILES string of the molecule is C#CC(CC)N1CCCNC(C2CCCCC2)C1. The minimum absolute atomic E-state index is 0.344. The van der Waals surface area contributed by atoms with Crippen LogP contribution in [0.4, 0.5) is 0 Å². The maximum atomic E-state index is 5.68. The third-order valence-electron chi connectivity index (χ3n) is 4.70. The van der Waals surface area contributed by atoms with E-state index >= 15 is 0 Å². The van der Waals surface area contributed by atoms with Gasteiger partial charge in [-0.05, 0) is 38.1 Å². The van der Waals surface area contributed by atoms with E-state index in [1.165, 1.54) is 51.6 Å². The van der Waals surface area contributed by atoms with Crippen molar-refractivity contribution in [2.45, 2.75) is 64.0 Å². The zero-order chi connectivity index (χ0) is 12.8. The van der Waals surface area contributed by atoms with E-state index in [4.69, 9.17) is 6.42 Å².